The van der Waals surface area contributed by atoms with E-state index in [4.69, 9.17) is 16.7 Å². The minimum absolute atomic E-state index is 0.0842. The predicted octanol–water partition coefficient (Wildman–Crippen LogP) is 6.55. The second kappa shape index (κ2) is 8.76. The van der Waals surface area contributed by atoms with Crippen LogP contribution in [0.4, 0.5) is 5.82 Å². The number of allylic oxidation sites excluding steroid dienone is 2. The van der Waals surface area contributed by atoms with Crippen molar-refractivity contribution in [3.63, 3.8) is 0 Å². The van der Waals surface area contributed by atoms with Gasteiger partial charge in [0, 0.05) is 45.0 Å². The molecule has 1 aliphatic carbocycles. The van der Waals surface area contributed by atoms with Crippen LogP contribution in [0.2, 0.25) is 5.02 Å². The highest BCUT2D eigenvalue weighted by molar-refractivity contribution is 7.10. The van der Waals surface area contributed by atoms with Gasteiger partial charge in [0.05, 0.1) is 16.9 Å². The molecule has 0 amide bonds. The summed E-state index contributed by atoms with van der Waals surface area (Å²) < 4.78 is 1.65. The second-order valence-electron chi connectivity index (χ2n) is 9.10. The number of hydrogen-bond donors (Lipinski definition) is 2. The quantitative estimate of drug-likeness (QED) is 0.322. The van der Waals surface area contributed by atoms with Crippen LogP contribution in [0, 0.1) is 6.92 Å². The van der Waals surface area contributed by atoms with Crippen LogP contribution in [-0.4, -0.2) is 26.6 Å². The third kappa shape index (κ3) is 3.58. The highest BCUT2D eigenvalue weighted by atomic mass is 35.5. The van der Waals surface area contributed by atoms with Crippen molar-refractivity contribution in [1.29, 1.82) is 0 Å². The van der Waals surface area contributed by atoms with E-state index in [-0.39, 0.29) is 17.3 Å². The number of nitrogens with zero attached hydrogens (tertiary/aromatic N) is 2. The van der Waals surface area contributed by atoms with E-state index in [0.29, 0.717) is 35.1 Å². The Labute approximate surface area is 216 Å². The number of carbonyl (C=O) groups excluding carboxylic acids is 1. The van der Waals surface area contributed by atoms with Gasteiger partial charge in [0.2, 0.25) is 0 Å². The zero-order valence-electron chi connectivity index (χ0n) is 19.4. The van der Waals surface area contributed by atoms with Crippen molar-refractivity contribution in [1.82, 2.24) is 9.78 Å². The molecule has 0 spiro atoms. The lowest BCUT2D eigenvalue weighted by atomic mass is 9.73. The van der Waals surface area contributed by atoms with Crippen LogP contribution < -0.4 is 5.32 Å². The minimum Gasteiger partial charge on any atom is -0.478 e. The molecule has 1 aliphatic heterocycles. The molecule has 2 aliphatic rings. The molecule has 180 valence electrons. The van der Waals surface area contributed by atoms with E-state index in [2.05, 4.69) is 11.4 Å². The third-order valence-electron chi connectivity index (χ3n) is 6.99. The summed E-state index contributed by atoms with van der Waals surface area (Å²) in [6, 6.07) is 18.5. The van der Waals surface area contributed by atoms with Crippen LogP contribution in [0.5, 0.6) is 0 Å². The van der Waals surface area contributed by atoms with E-state index in [1.54, 1.807) is 40.3 Å². The van der Waals surface area contributed by atoms with Gasteiger partial charge < -0.3 is 10.4 Å². The molecule has 0 saturated carbocycles. The number of benzene rings is 2. The maximum absolute atomic E-state index is 13.7. The number of halogens is 1. The lowest BCUT2D eigenvalue weighted by Crippen LogP contribution is -2.30. The summed E-state index contributed by atoms with van der Waals surface area (Å²) in [5, 5.41) is 20.7. The average Bonchev–Trinajstić information content (AvgIpc) is 3.52. The Morgan fingerprint density at radius 1 is 1.11 bits per heavy atom. The number of nitrogens with one attached hydrogen (secondary N) is 1. The second-order valence-corrected chi connectivity index (χ2v) is 10.5. The summed E-state index contributed by atoms with van der Waals surface area (Å²) in [6.45, 7) is 1.89. The highest BCUT2D eigenvalue weighted by Gasteiger charge is 2.42. The molecule has 0 saturated heterocycles. The molecule has 4 aromatic rings. The monoisotopic (exact) mass is 515 g/mol. The first kappa shape index (κ1) is 22.8. The molecule has 0 unspecified atom stereocenters. The fraction of sp³-hybridized carbons (Fsp3) is 0.179. The molecule has 2 N–H and O–H groups in total. The Kier molecular flexibility index (Phi) is 5.54. The van der Waals surface area contributed by atoms with Crippen molar-refractivity contribution in [2.45, 2.75) is 31.6 Å². The van der Waals surface area contributed by atoms with Gasteiger partial charge in [-0.3, -0.25) is 4.79 Å². The van der Waals surface area contributed by atoms with Crippen LogP contribution in [0.25, 0.3) is 5.69 Å². The Hall–Kier alpha value is -3.68. The Bertz CT molecular complexity index is 1550. The number of carboxylic acids is 1. The SMILES string of the molecule is Cc1nn(-c2ccccc2C(=O)O)c2c1[C@H](c1ccccc1Cl)C1=C(C[C@@H](c3cccs3)CC1=O)N2. The summed E-state index contributed by atoms with van der Waals surface area (Å²) in [4.78, 5) is 26.9. The number of aromatic nitrogens is 2. The number of thiophene rings is 1. The molecule has 0 fully saturated rings. The number of Topliss-reactive ketones (excluding diaryl/α,β-unsaturated/α-hetero) is 1. The molecule has 6 rings (SSSR count). The maximum atomic E-state index is 13.7. The van der Waals surface area contributed by atoms with Crippen molar-refractivity contribution in [3.8, 4) is 5.69 Å². The maximum Gasteiger partial charge on any atom is 0.337 e. The van der Waals surface area contributed by atoms with Gasteiger partial charge in [-0.2, -0.15) is 5.10 Å². The number of anilines is 1. The largest absolute Gasteiger partial charge is 0.478 e. The fourth-order valence-electron chi connectivity index (χ4n) is 5.44. The zero-order chi connectivity index (χ0) is 25.0. The van der Waals surface area contributed by atoms with Crippen molar-refractivity contribution < 1.29 is 14.7 Å². The number of carbonyl (C=O) groups is 2. The fourth-order valence-corrected chi connectivity index (χ4v) is 6.51. The number of aryl methyl sites for hydroxylation is 1. The molecule has 36 heavy (non-hydrogen) atoms. The van der Waals surface area contributed by atoms with Gasteiger partial charge in [0.25, 0.3) is 0 Å². The summed E-state index contributed by atoms with van der Waals surface area (Å²) in [6.07, 6.45) is 1.11. The molecule has 0 bridgehead atoms. The van der Waals surface area contributed by atoms with Crippen LogP contribution in [0.15, 0.2) is 77.3 Å². The van der Waals surface area contributed by atoms with E-state index >= 15 is 0 Å². The number of fused-ring (bicyclic) bond motifs is 1. The number of para-hydroxylation sites is 1. The number of aromatic carboxylic acids is 1. The van der Waals surface area contributed by atoms with E-state index in [0.717, 1.165) is 22.4 Å². The topological polar surface area (TPSA) is 84.2 Å². The first-order valence-corrected chi connectivity index (χ1v) is 12.9. The molecule has 3 heterocycles. The van der Waals surface area contributed by atoms with Gasteiger partial charge >= 0.3 is 5.97 Å². The first-order chi connectivity index (χ1) is 17.4. The molecule has 6 nitrogen and oxygen atoms in total. The number of carboxylic acid groups (broad SMARTS) is 1. The van der Waals surface area contributed by atoms with E-state index in [1.807, 2.05) is 42.6 Å². The first-order valence-electron chi connectivity index (χ1n) is 11.7. The minimum atomic E-state index is -1.03. The summed E-state index contributed by atoms with van der Waals surface area (Å²) >= 11 is 8.36. The summed E-state index contributed by atoms with van der Waals surface area (Å²) in [7, 11) is 0. The van der Waals surface area contributed by atoms with Gasteiger partial charge in [-0.05, 0) is 48.6 Å². The van der Waals surface area contributed by atoms with Crippen molar-refractivity contribution >= 4 is 40.5 Å². The number of ketones is 1. The normalized spacial score (nSPS) is 19.0. The standard InChI is InChI=1S/C28H22ClN3O3S/c1-15-24-25(17-7-2-4-9-19(17)29)26-20(13-16(14-22(26)33)23-11-6-12-36-23)30-27(24)32(31-15)21-10-5-3-8-18(21)28(34)35/h2-12,16,25,30H,13-14H2,1H3,(H,34,35)/t16-,25+/m1/s1. The third-order valence-corrected chi connectivity index (χ3v) is 8.36. The molecular formula is C28H22ClN3O3S. The van der Waals surface area contributed by atoms with Gasteiger partial charge in [-0.25, -0.2) is 9.48 Å². The van der Waals surface area contributed by atoms with Gasteiger partial charge in [0.15, 0.2) is 5.78 Å². The lowest BCUT2D eigenvalue weighted by molar-refractivity contribution is -0.116. The highest BCUT2D eigenvalue weighted by Crippen LogP contribution is 2.51. The summed E-state index contributed by atoms with van der Waals surface area (Å²) in [5.74, 6) is -0.578. The Balaban J connectivity index is 1.58. The van der Waals surface area contributed by atoms with E-state index < -0.39 is 11.9 Å². The van der Waals surface area contributed by atoms with Crippen LogP contribution in [-0.2, 0) is 4.79 Å². The van der Waals surface area contributed by atoms with Gasteiger partial charge in [0.1, 0.15) is 5.82 Å². The molecule has 0 radical (unpaired) electrons. The van der Waals surface area contributed by atoms with Gasteiger partial charge in [-0.1, -0.05) is 48.0 Å². The molecule has 2 aromatic heterocycles. The van der Waals surface area contributed by atoms with Crippen LogP contribution in [0.1, 0.15) is 56.7 Å². The van der Waals surface area contributed by atoms with Crippen molar-refractivity contribution in [3.05, 3.63) is 110 Å². The molecule has 8 heteroatoms. The van der Waals surface area contributed by atoms with E-state index in [1.165, 1.54) is 4.88 Å². The van der Waals surface area contributed by atoms with Crippen LogP contribution in [0.3, 0.4) is 0 Å². The molecular weight excluding hydrogens is 494 g/mol. The van der Waals surface area contributed by atoms with Crippen LogP contribution >= 0.6 is 22.9 Å². The predicted molar refractivity (Wildman–Crippen MR) is 141 cm³/mol. The molecule has 2 atom stereocenters. The summed E-state index contributed by atoms with van der Waals surface area (Å²) in [5.41, 5.74) is 4.56. The number of rotatable bonds is 4. The molecule has 2 aromatic carbocycles. The van der Waals surface area contributed by atoms with Crippen molar-refractivity contribution in [2.75, 3.05) is 5.32 Å². The van der Waals surface area contributed by atoms with E-state index in [9.17, 15) is 14.7 Å². The number of hydrogen-bond acceptors (Lipinski definition) is 5. The smallest absolute Gasteiger partial charge is 0.337 e. The Morgan fingerprint density at radius 2 is 1.89 bits per heavy atom. The van der Waals surface area contributed by atoms with Crippen molar-refractivity contribution in [2.24, 2.45) is 0 Å². The zero-order valence-corrected chi connectivity index (χ0v) is 20.9. The average molecular weight is 516 g/mol. The van der Waals surface area contributed by atoms with Gasteiger partial charge in [-0.15, -0.1) is 11.3 Å². The lowest BCUT2D eigenvalue weighted by Gasteiger charge is -2.35. The Morgan fingerprint density at radius 3 is 2.64 bits per heavy atom.